The molecular weight excluding hydrogens is 496 g/mol. The molecule has 5 nitrogen and oxygen atoms in total. The summed E-state index contributed by atoms with van der Waals surface area (Å²) in [5.74, 6) is 0.574. The molecule has 131 valence electrons. The van der Waals surface area contributed by atoms with Crippen molar-refractivity contribution in [2.24, 2.45) is 0 Å². The molecule has 6 heteroatoms. The van der Waals surface area contributed by atoms with Gasteiger partial charge in [0.25, 0.3) is 0 Å². The Hall–Kier alpha value is -2.56. The topological polar surface area (TPSA) is 72.3 Å². The minimum atomic E-state index is 0. The van der Waals surface area contributed by atoms with Crippen molar-refractivity contribution in [2.75, 3.05) is 7.11 Å². The number of phenols is 1. The number of carbonyl (C=O) groups excluding carboxylic acids is 1. The van der Waals surface area contributed by atoms with E-state index >= 15 is 0 Å². The van der Waals surface area contributed by atoms with Gasteiger partial charge < -0.3 is 9.84 Å². The van der Waals surface area contributed by atoms with Gasteiger partial charge in [-0.05, 0) is 19.1 Å². The molecule has 0 saturated carbocycles. The number of methoxy groups -OCH3 is 1. The van der Waals surface area contributed by atoms with Crippen LogP contribution in [0.3, 0.4) is 0 Å². The molecule has 0 bridgehead atoms. The SMILES string of the molecule is COc1nc(C)cnc1-c1[c-]cccc1.O=Cc1ccccc1O.[Ir]. The number of aromatic hydroxyl groups is 1. The fraction of sp³-hybridized carbons (Fsp3) is 0.105. The Morgan fingerprint density at radius 3 is 2.44 bits per heavy atom. The van der Waals surface area contributed by atoms with Gasteiger partial charge in [-0.3, -0.25) is 9.78 Å². The molecule has 0 fully saturated rings. The first-order chi connectivity index (χ1) is 11.7. The van der Waals surface area contributed by atoms with E-state index < -0.39 is 0 Å². The minimum Gasteiger partial charge on any atom is -0.507 e. The van der Waals surface area contributed by atoms with Crippen LogP contribution in [-0.4, -0.2) is 28.5 Å². The third kappa shape index (κ3) is 5.78. The van der Waals surface area contributed by atoms with E-state index in [-0.39, 0.29) is 25.9 Å². The van der Waals surface area contributed by atoms with Crippen LogP contribution in [0.25, 0.3) is 11.3 Å². The van der Waals surface area contributed by atoms with Crippen LogP contribution >= 0.6 is 0 Å². The second-order valence-corrected chi connectivity index (χ2v) is 4.82. The van der Waals surface area contributed by atoms with E-state index in [4.69, 9.17) is 9.84 Å². The average Bonchev–Trinajstić information content (AvgIpc) is 2.63. The van der Waals surface area contributed by atoms with Gasteiger partial charge in [-0.25, -0.2) is 4.98 Å². The maximum absolute atomic E-state index is 10.1. The number of phenolic OH excluding ortho intramolecular Hbond substituents is 1. The maximum Gasteiger partial charge on any atom is 0.194 e. The van der Waals surface area contributed by atoms with Crippen molar-refractivity contribution in [1.29, 1.82) is 0 Å². The molecule has 0 aliphatic heterocycles. The van der Waals surface area contributed by atoms with Crippen LogP contribution in [0.5, 0.6) is 11.6 Å². The number of aromatic nitrogens is 2. The molecule has 3 aromatic rings. The zero-order valence-corrected chi connectivity index (χ0v) is 16.2. The minimum absolute atomic E-state index is 0. The summed E-state index contributed by atoms with van der Waals surface area (Å²) in [6.07, 6.45) is 2.34. The number of carbonyl (C=O) groups is 1. The predicted molar refractivity (Wildman–Crippen MR) is 91.1 cm³/mol. The summed E-state index contributed by atoms with van der Waals surface area (Å²) < 4.78 is 5.19. The van der Waals surface area contributed by atoms with Gasteiger partial charge in [0, 0.05) is 32.0 Å². The third-order valence-corrected chi connectivity index (χ3v) is 3.08. The summed E-state index contributed by atoms with van der Waals surface area (Å²) in [6, 6.07) is 17.1. The van der Waals surface area contributed by atoms with Crippen LogP contribution < -0.4 is 4.74 Å². The Labute approximate surface area is 160 Å². The Bertz CT molecular complexity index is 811. The number of aryl methyl sites for hydroxylation is 1. The van der Waals surface area contributed by atoms with Crippen LogP contribution in [0.2, 0.25) is 0 Å². The van der Waals surface area contributed by atoms with Gasteiger partial charge >= 0.3 is 0 Å². The van der Waals surface area contributed by atoms with E-state index in [9.17, 15) is 4.79 Å². The molecule has 3 rings (SSSR count). The summed E-state index contributed by atoms with van der Waals surface area (Å²) in [5.41, 5.74) is 2.79. The number of para-hydroxylation sites is 1. The molecule has 1 aromatic heterocycles. The van der Waals surface area contributed by atoms with Crippen LogP contribution in [-0.2, 0) is 20.1 Å². The standard InChI is InChI=1S/C12H11N2O.C7H6O2.Ir/c1-9-8-13-11(12(14-9)15-2)10-6-4-3-5-7-10;8-5-6-3-1-2-4-7(6)9;/h3-6,8H,1-2H3;1-5,9H;/q-1;;. The van der Waals surface area contributed by atoms with E-state index in [1.807, 2.05) is 31.2 Å². The Balaban J connectivity index is 0.000000270. The fourth-order valence-electron chi connectivity index (χ4n) is 1.91. The van der Waals surface area contributed by atoms with E-state index in [1.54, 1.807) is 31.5 Å². The molecule has 0 saturated heterocycles. The molecule has 0 aliphatic carbocycles. The number of nitrogens with zero attached hydrogens (tertiary/aromatic N) is 2. The monoisotopic (exact) mass is 514 g/mol. The van der Waals surface area contributed by atoms with Crippen LogP contribution in [0.1, 0.15) is 16.1 Å². The summed E-state index contributed by atoms with van der Waals surface area (Å²) in [6.45, 7) is 1.88. The molecule has 25 heavy (non-hydrogen) atoms. The van der Waals surface area contributed by atoms with Crippen LogP contribution in [0.4, 0.5) is 0 Å². The quantitative estimate of drug-likeness (QED) is 0.429. The van der Waals surface area contributed by atoms with Gasteiger partial charge in [-0.2, -0.15) is 0 Å². The second-order valence-electron chi connectivity index (χ2n) is 4.82. The van der Waals surface area contributed by atoms with Gasteiger partial charge in [0.05, 0.1) is 18.4 Å². The number of hydrogen-bond donors (Lipinski definition) is 1. The van der Waals surface area contributed by atoms with Gasteiger partial charge in [-0.1, -0.05) is 12.1 Å². The van der Waals surface area contributed by atoms with Gasteiger partial charge in [0.15, 0.2) is 12.2 Å². The molecule has 1 N–H and O–H groups in total. The Morgan fingerprint density at radius 2 is 1.88 bits per heavy atom. The first-order valence-electron chi connectivity index (χ1n) is 7.23. The molecule has 2 aromatic carbocycles. The Kier molecular flexibility index (Phi) is 8.47. The van der Waals surface area contributed by atoms with E-state index in [0.29, 0.717) is 17.7 Å². The normalized spacial score (nSPS) is 9.20. The van der Waals surface area contributed by atoms with E-state index in [1.165, 1.54) is 6.07 Å². The number of hydrogen-bond acceptors (Lipinski definition) is 5. The Morgan fingerprint density at radius 1 is 1.16 bits per heavy atom. The number of rotatable bonds is 3. The van der Waals surface area contributed by atoms with Crippen molar-refractivity contribution < 1.29 is 34.7 Å². The summed E-state index contributed by atoms with van der Waals surface area (Å²) >= 11 is 0. The summed E-state index contributed by atoms with van der Waals surface area (Å²) in [7, 11) is 1.59. The molecule has 0 spiro atoms. The molecule has 1 radical (unpaired) electrons. The number of benzene rings is 2. The molecule has 0 atom stereocenters. The van der Waals surface area contributed by atoms with Crippen molar-refractivity contribution in [1.82, 2.24) is 9.97 Å². The maximum atomic E-state index is 10.1. The first-order valence-corrected chi connectivity index (χ1v) is 7.23. The van der Waals surface area contributed by atoms with Crippen LogP contribution in [0.15, 0.2) is 54.7 Å². The molecule has 0 amide bonds. The number of aldehydes is 1. The molecular formula is C19H17IrN2O3-. The van der Waals surface area contributed by atoms with Crippen molar-refractivity contribution in [3.8, 4) is 22.9 Å². The fourth-order valence-corrected chi connectivity index (χ4v) is 1.91. The van der Waals surface area contributed by atoms with E-state index in [0.717, 1.165) is 17.0 Å². The third-order valence-electron chi connectivity index (χ3n) is 3.08. The molecule has 0 unspecified atom stereocenters. The zero-order valence-electron chi connectivity index (χ0n) is 13.8. The van der Waals surface area contributed by atoms with Crippen molar-refractivity contribution in [3.63, 3.8) is 0 Å². The van der Waals surface area contributed by atoms with Gasteiger partial charge in [0.1, 0.15) is 5.75 Å². The first kappa shape index (κ1) is 20.5. The number of ether oxygens (including phenoxy) is 1. The smallest absolute Gasteiger partial charge is 0.194 e. The predicted octanol–water partition coefficient (Wildman–Crippen LogP) is 3.46. The van der Waals surface area contributed by atoms with Crippen molar-refractivity contribution >= 4 is 6.29 Å². The summed E-state index contributed by atoms with van der Waals surface area (Å²) in [4.78, 5) is 18.6. The van der Waals surface area contributed by atoms with Crippen molar-refractivity contribution in [3.05, 3.63) is 72.1 Å². The van der Waals surface area contributed by atoms with Crippen LogP contribution in [0, 0.1) is 13.0 Å². The van der Waals surface area contributed by atoms with Gasteiger partial charge in [0.2, 0.25) is 0 Å². The summed E-state index contributed by atoms with van der Waals surface area (Å²) in [5, 5.41) is 8.88. The second kappa shape index (κ2) is 10.3. The largest absolute Gasteiger partial charge is 0.507 e. The van der Waals surface area contributed by atoms with Gasteiger partial charge in [-0.15, -0.1) is 35.9 Å². The zero-order chi connectivity index (χ0) is 17.4. The van der Waals surface area contributed by atoms with E-state index in [2.05, 4.69) is 16.0 Å². The molecule has 0 aliphatic rings. The van der Waals surface area contributed by atoms with Crippen molar-refractivity contribution in [2.45, 2.75) is 6.92 Å². The molecule has 1 heterocycles. The average molecular weight is 514 g/mol.